The fourth-order valence-corrected chi connectivity index (χ4v) is 3.99. The Bertz CT molecular complexity index is 1160. The highest BCUT2D eigenvalue weighted by atomic mass is 32.2. The minimum absolute atomic E-state index is 0.0741. The lowest BCUT2D eigenvalue weighted by atomic mass is 10.1. The van der Waals surface area contributed by atoms with Gasteiger partial charge in [-0.15, -0.1) is 10.2 Å². The molecule has 0 aliphatic carbocycles. The third kappa shape index (κ3) is 4.97. The average Bonchev–Trinajstić information content (AvgIpc) is 3.28. The molecule has 7 nitrogen and oxygen atoms in total. The van der Waals surface area contributed by atoms with Crippen molar-refractivity contribution in [2.45, 2.75) is 18.1 Å². The molecule has 2 aromatic carbocycles. The van der Waals surface area contributed by atoms with E-state index < -0.39 is 0 Å². The number of hydrogen-bond donors (Lipinski definition) is 1. The molecule has 0 fully saturated rings. The average molecular weight is 446 g/mol. The lowest BCUT2D eigenvalue weighted by Crippen LogP contribution is -2.28. The van der Waals surface area contributed by atoms with Crippen LogP contribution in [0.4, 0.5) is 0 Å². The van der Waals surface area contributed by atoms with Gasteiger partial charge < -0.3 is 10.1 Å². The van der Waals surface area contributed by atoms with Gasteiger partial charge in [0.15, 0.2) is 11.0 Å². The highest BCUT2D eigenvalue weighted by Gasteiger charge is 2.18. The number of amides is 1. The molecule has 0 saturated carbocycles. The number of aromatic nitrogens is 4. The molecular weight excluding hydrogens is 422 g/mol. The number of carbonyl (C=O) groups excluding carboxylic acids is 1. The number of thioether (sulfide) groups is 1. The van der Waals surface area contributed by atoms with Crippen molar-refractivity contribution in [3.63, 3.8) is 0 Å². The number of hydrogen-bond acceptors (Lipinski definition) is 6. The number of methoxy groups -OCH3 is 1. The number of ether oxygens (including phenoxy) is 1. The molecule has 8 heteroatoms. The Labute approximate surface area is 190 Å². The van der Waals surface area contributed by atoms with Crippen LogP contribution in [-0.4, -0.2) is 38.5 Å². The van der Waals surface area contributed by atoms with Gasteiger partial charge in [-0.2, -0.15) is 0 Å². The van der Waals surface area contributed by atoms with Gasteiger partial charge in [0, 0.05) is 6.20 Å². The molecule has 0 radical (unpaired) electrons. The van der Waals surface area contributed by atoms with E-state index in [9.17, 15) is 4.79 Å². The largest absolute Gasteiger partial charge is 0.497 e. The summed E-state index contributed by atoms with van der Waals surface area (Å²) in [6, 6.07) is 23.0. The summed E-state index contributed by atoms with van der Waals surface area (Å²) in [5.41, 5.74) is 2.62. The third-order valence-corrected chi connectivity index (χ3v) is 5.80. The summed E-state index contributed by atoms with van der Waals surface area (Å²) in [5.74, 6) is 1.50. The van der Waals surface area contributed by atoms with Gasteiger partial charge in [0.05, 0.1) is 24.6 Å². The summed E-state index contributed by atoms with van der Waals surface area (Å²) in [6.07, 6.45) is 1.72. The van der Waals surface area contributed by atoms with Crippen LogP contribution in [0.5, 0.6) is 5.75 Å². The first-order chi connectivity index (χ1) is 15.7. The zero-order chi connectivity index (χ0) is 22.3. The van der Waals surface area contributed by atoms with Crippen molar-refractivity contribution in [2.75, 3.05) is 12.9 Å². The highest BCUT2D eigenvalue weighted by molar-refractivity contribution is 7.99. The lowest BCUT2D eigenvalue weighted by molar-refractivity contribution is -0.119. The molecule has 1 amide bonds. The molecule has 1 atom stereocenters. The fourth-order valence-electron chi connectivity index (χ4n) is 3.23. The van der Waals surface area contributed by atoms with Crippen LogP contribution in [0.3, 0.4) is 0 Å². The molecule has 0 spiro atoms. The predicted octanol–water partition coefficient (Wildman–Crippen LogP) is 4.31. The van der Waals surface area contributed by atoms with Crippen LogP contribution in [-0.2, 0) is 4.79 Å². The topological polar surface area (TPSA) is 81.9 Å². The standard InChI is InChI=1S/C24H23N5O2S/c1-17(18-8-4-3-5-9-18)26-22(30)16-32-24-28-27-23(21-10-6-7-15-25-21)29(24)19-11-13-20(31-2)14-12-19/h3-15,17H,16H2,1-2H3,(H,26,30). The van der Waals surface area contributed by atoms with Crippen LogP contribution in [0.2, 0.25) is 0 Å². The van der Waals surface area contributed by atoms with E-state index in [1.54, 1.807) is 13.3 Å². The molecule has 162 valence electrons. The number of carbonyl (C=O) groups is 1. The summed E-state index contributed by atoms with van der Waals surface area (Å²) in [4.78, 5) is 17.0. The van der Waals surface area contributed by atoms with Gasteiger partial charge in [-0.3, -0.25) is 14.3 Å². The Morgan fingerprint density at radius 1 is 1.03 bits per heavy atom. The highest BCUT2D eigenvalue weighted by Crippen LogP contribution is 2.28. The van der Waals surface area contributed by atoms with E-state index in [0.717, 1.165) is 17.0 Å². The van der Waals surface area contributed by atoms with Gasteiger partial charge in [-0.25, -0.2) is 0 Å². The minimum atomic E-state index is -0.0761. The maximum absolute atomic E-state index is 12.6. The van der Waals surface area contributed by atoms with Gasteiger partial charge in [-0.05, 0) is 48.9 Å². The van der Waals surface area contributed by atoms with Crippen LogP contribution in [0.25, 0.3) is 17.2 Å². The number of nitrogens with one attached hydrogen (secondary N) is 1. The molecule has 0 bridgehead atoms. The number of benzene rings is 2. The van der Waals surface area contributed by atoms with E-state index in [4.69, 9.17) is 4.74 Å². The Balaban J connectivity index is 1.55. The molecule has 32 heavy (non-hydrogen) atoms. The van der Waals surface area contributed by atoms with E-state index in [1.165, 1.54) is 11.8 Å². The first-order valence-electron chi connectivity index (χ1n) is 10.1. The van der Waals surface area contributed by atoms with Crippen molar-refractivity contribution in [1.82, 2.24) is 25.1 Å². The maximum atomic E-state index is 12.6. The summed E-state index contributed by atoms with van der Waals surface area (Å²) in [7, 11) is 1.63. The molecule has 1 N–H and O–H groups in total. The molecule has 0 aliphatic heterocycles. The Morgan fingerprint density at radius 3 is 2.47 bits per heavy atom. The van der Waals surface area contributed by atoms with Crippen LogP contribution in [0.1, 0.15) is 18.5 Å². The second-order valence-corrected chi connectivity index (χ2v) is 7.99. The number of rotatable bonds is 8. The zero-order valence-corrected chi connectivity index (χ0v) is 18.6. The molecule has 2 heterocycles. The molecule has 1 unspecified atom stereocenters. The summed E-state index contributed by atoms with van der Waals surface area (Å²) < 4.78 is 7.18. The smallest absolute Gasteiger partial charge is 0.230 e. The molecule has 0 aliphatic rings. The van der Waals surface area contributed by atoms with E-state index in [-0.39, 0.29) is 17.7 Å². The molecule has 0 saturated heterocycles. The second-order valence-electron chi connectivity index (χ2n) is 7.04. The Morgan fingerprint density at radius 2 is 1.78 bits per heavy atom. The lowest BCUT2D eigenvalue weighted by Gasteiger charge is -2.14. The van der Waals surface area contributed by atoms with E-state index in [1.807, 2.05) is 84.3 Å². The van der Waals surface area contributed by atoms with Gasteiger partial charge >= 0.3 is 0 Å². The first kappa shape index (κ1) is 21.6. The van der Waals surface area contributed by atoms with Crippen LogP contribution in [0, 0.1) is 0 Å². The van der Waals surface area contributed by atoms with Gasteiger partial charge in [0.1, 0.15) is 11.4 Å². The van der Waals surface area contributed by atoms with E-state index in [0.29, 0.717) is 16.7 Å². The van der Waals surface area contributed by atoms with Crippen LogP contribution >= 0.6 is 11.8 Å². The fraction of sp³-hybridized carbons (Fsp3) is 0.167. The number of pyridine rings is 1. The van der Waals surface area contributed by atoms with Gasteiger partial charge in [0.2, 0.25) is 5.91 Å². The van der Waals surface area contributed by atoms with E-state index >= 15 is 0 Å². The van der Waals surface area contributed by atoms with Crippen molar-refractivity contribution in [1.29, 1.82) is 0 Å². The zero-order valence-electron chi connectivity index (χ0n) is 17.8. The first-order valence-corrected chi connectivity index (χ1v) is 11.1. The SMILES string of the molecule is COc1ccc(-n2c(SCC(=O)NC(C)c3ccccc3)nnc2-c2ccccn2)cc1. The summed E-state index contributed by atoms with van der Waals surface area (Å²) in [6.45, 7) is 1.97. The van der Waals surface area contributed by atoms with Crippen molar-refractivity contribution < 1.29 is 9.53 Å². The summed E-state index contributed by atoms with van der Waals surface area (Å²) in [5, 5.41) is 12.3. The maximum Gasteiger partial charge on any atom is 0.230 e. The van der Waals surface area contributed by atoms with Crippen LogP contribution < -0.4 is 10.1 Å². The summed E-state index contributed by atoms with van der Waals surface area (Å²) >= 11 is 1.33. The van der Waals surface area contributed by atoms with Crippen molar-refractivity contribution in [3.05, 3.63) is 84.6 Å². The number of nitrogens with zero attached hydrogens (tertiary/aromatic N) is 4. The normalized spacial score (nSPS) is 11.7. The van der Waals surface area contributed by atoms with Crippen LogP contribution in [0.15, 0.2) is 84.1 Å². The molecule has 4 aromatic rings. The third-order valence-electron chi connectivity index (χ3n) is 4.87. The van der Waals surface area contributed by atoms with Gasteiger partial charge in [-0.1, -0.05) is 48.2 Å². The second kappa shape index (κ2) is 10.1. The monoisotopic (exact) mass is 445 g/mol. The van der Waals surface area contributed by atoms with Crippen molar-refractivity contribution in [2.24, 2.45) is 0 Å². The molecule has 2 aromatic heterocycles. The quantitative estimate of drug-likeness (QED) is 0.407. The predicted molar refractivity (Wildman–Crippen MR) is 125 cm³/mol. The Kier molecular flexibility index (Phi) is 6.81. The Hall–Kier alpha value is -3.65. The van der Waals surface area contributed by atoms with Gasteiger partial charge in [0.25, 0.3) is 0 Å². The minimum Gasteiger partial charge on any atom is -0.497 e. The molecular formula is C24H23N5O2S. The molecule has 4 rings (SSSR count). The van der Waals surface area contributed by atoms with Crippen molar-refractivity contribution >= 4 is 17.7 Å². The van der Waals surface area contributed by atoms with Crippen molar-refractivity contribution in [3.8, 4) is 23.0 Å². The van der Waals surface area contributed by atoms with E-state index in [2.05, 4.69) is 20.5 Å².